The fourth-order valence-corrected chi connectivity index (χ4v) is 1.87. The number of nitrogens with two attached hydrogens (primary N) is 1. The van der Waals surface area contributed by atoms with E-state index in [-0.39, 0.29) is 41.2 Å². The first kappa shape index (κ1) is 9.69. The molecule has 4 N–H and O–H groups in total. The Balaban J connectivity index is 0.00000625. The van der Waals surface area contributed by atoms with Gasteiger partial charge in [-0.3, -0.25) is 0 Å². The largest absolute Gasteiger partial charge is 0.396 e. The number of halogens is 3. The van der Waals surface area contributed by atoms with Crippen LogP contribution in [-0.2, 0) is 0 Å². The first-order valence-corrected chi connectivity index (χ1v) is 6.09. The topological polar surface area (TPSA) is 58.3 Å². The quantitative estimate of drug-likeness (QED) is 0.549. The molecule has 0 fully saturated rings. The van der Waals surface area contributed by atoms with Crippen LogP contribution in [0.25, 0.3) is 0 Å². The van der Waals surface area contributed by atoms with Crippen LogP contribution in [-0.4, -0.2) is 18.2 Å². The summed E-state index contributed by atoms with van der Waals surface area (Å²) in [5.41, 5.74) is 6.21. The Kier molecular flexibility index (Phi) is 4.53. The van der Waals surface area contributed by atoms with Crippen molar-refractivity contribution in [2.75, 3.05) is 18.8 Å². The van der Waals surface area contributed by atoms with Crippen LogP contribution in [0.3, 0.4) is 0 Å². The van der Waals surface area contributed by atoms with Gasteiger partial charge < -0.3 is 16.2 Å². The maximum atomic E-state index is 10.1. The van der Waals surface area contributed by atoms with Crippen molar-refractivity contribution < 1.29 is 14.7 Å². The summed E-state index contributed by atoms with van der Waals surface area (Å²) in [6.07, 6.45) is -1.45. The zero-order chi connectivity index (χ0) is 19.6. The van der Waals surface area contributed by atoms with Crippen LogP contribution in [0.5, 0.6) is 0 Å². The van der Waals surface area contributed by atoms with Gasteiger partial charge in [0.25, 0.3) is 0 Å². The van der Waals surface area contributed by atoms with E-state index in [4.69, 9.17) is 38.5 Å². The van der Waals surface area contributed by atoms with Gasteiger partial charge in [0.05, 0.1) is 21.8 Å². The van der Waals surface area contributed by atoms with Crippen LogP contribution in [0, 0.1) is 5.89 Å². The fourth-order valence-electron chi connectivity index (χ4n) is 1.37. The highest BCUT2D eigenvalue weighted by atomic mass is 35.5. The van der Waals surface area contributed by atoms with Gasteiger partial charge in [-0.2, -0.15) is 0 Å². The normalized spacial score (nSPS) is 19.6. The second-order valence-corrected chi connectivity index (χ2v) is 4.66. The summed E-state index contributed by atoms with van der Waals surface area (Å²) in [7, 11) is 0. The van der Waals surface area contributed by atoms with Crippen molar-refractivity contribution in [3.8, 4) is 0 Å². The molecule has 0 aliphatic carbocycles. The van der Waals surface area contributed by atoms with Crippen molar-refractivity contribution in [2.24, 2.45) is 5.89 Å². The molecule has 1 rings (SSSR count). The summed E-state index contributed by atoms with van der Waals surface area (Å²) in [6.45, 7) is -6.00. The molecular weight excluding hydrogens is 307 g/mol. The molecule has 3 nitrogen and oxygen atoms in total. The highest BCUT2D eigenvalue weighted by Gasteiger charge is 2.11. The van der Waals surface area contributed by atoms with Crippen molar-refractivity contribution >= 4 is 41.3 Å². The Morgan fingerprint density at radius 2 is 2.00 bits per heavy atom. The third-order valence-electron chi connectivity index (χ3n) is 2.38. The van der Waals surface area contributed by atoms with Crippen LogP contribution in [0.2, 0.25) is 10.0 Å². The number of nitrogens with one attached hydrogen (secondary N) is 1. The lowest BCUT2D eigenvalue weighted by molar-refractivity contribution is 0.174. The van der Waals surface area contributed by atoms with E-state index in [2.05, 4.69) is 5.32 Å². The number of nitrogen functional groups attached to an aromatic ring is 1. The fraction of sp³-hybridized carbons (Fsp3) is 0.538. The average Bonchev–Trinajstić information content (AvgIpc) is 2.45. The molecule has 0 saturated carbocycles. The maximum absolute atomic E-state index is 10.1. The van der Waals surface area contributed by atoms with E-state index in [1.165, 1.54) is 12.1 Å². The second-order valence-electron chi connectivity index (χ2n) is 3.85. The Morgan fingerprint density at radius 1 is 1.42 bits per heavy atom. The van der Waals surface area contributed by atoms with Crippen LogP contribution in [0.1, 0.15) is 41.4 Å². The second kappa shape index (κ2) is 8.88. The lowest BCUT2D eigenvalue weighted by atomic mass is 10.1. The zero-order valence-corrected chi connectivity index (χ0v) is 12.4. The molecule has 1 aromatic carbocycles. The lowest BCUT2D eigenvalue weighted by Crippen LogP contribution is -2.23. The monoisotopic (exact) mass is 333 g/mol. The Morgan fingerprint density at radius 3 is 2.53 bits per heavy atom. The average molecular weight is 335 g/mol. The molecule has 19 heavy (non-hydrogen) atoms. The Hall–Kier alpha value is -0.190. The molecule has 0 radical (unpaired) electrons. The zero-order valence-electron chi connectivity index (χ0n) is 17.0. The minimum absolute atomic E-state index is 0. The van der Waals surface area contributed by atoms with Crippen molar-refractivity contribution in [3.63, 3.8) is 0 Å². The number of hydrogen-bond donors (Lipinski definition) is 3. The summed E-state index contributed by atoms with van der Waals surface area (Å²) < 4.78 is 51.9. The number of aliphatic hydroxyl groups is 1. The van der Waals surface area contributed by atoms with Gasteiger partial charge in [-0.25, -0.2) is 0 Å². The Labute approximate surface area is 140 Å². The molecule has 0 aliphatic rings. The van der Waals surface area contributed by atoms with Gasteiger partial charge in [0.2, 0.25) is 0 Å². The standard InChI is InChI=1S/C13H20Cl2N2O.ClH/c1-8(2)3-4-17-7-12(18)9-5-10(14)13(16)11(15)6-9;/h5-6,8,12,17-18H,3-4,7,16H2,1-2H3;1H/i1D3,2D3,8D;. The van der Waals surface area contributed by atoms with Crippen LogP contribution >= 0.6 is 35.6 Å². The number of hydrogen-bond acceptors (Lipinski definition) is 3. The van der Waals surface area contributed by atoms with Crippen LogP contribution in [0.4, 0.5) is 5.69 Å². The van der Waals surface area contributed by atoms with E-state index in [1.54, 1.807) is 0 Å². The molecular formula is C13H21Cl3N2O. The minimum Gasteiger partial charge on any atom is -0.396 e. The summed E-state index contributed by atoms with van der Waals surface area (Å²) in [5.74, 6) is -2.59. The third-order valence-corrected chi connectivity index (χ3v) is 3.00. The van der Waals surface area contributed by atoms with Gasteiger partial charge >= 0.3 is 0 Å². The van der Waals surface area contributed by atoms with Gasteiger partial charge in [-0.15, -0.1) is 12.4 Å². The first-order valence-electron chi connectivity index (χ1n) is 8.84. The van der Waals surface area contributed by atoms with Gasteiger partial charge in [0, 0.05) is 16.1 Å². The first-order chi connectivity index (χ1) is 11.2. The van der Waals surface area contributed by atoms with E-state index in [1.807, 2.05) is 0 Å². The van der Waals surface area contributed by atoms with Crippen LogP contribution in [0.15, 0.2) is 12.1 Å². The molecule has 1 atom stereocenters. The smallest absolute Gasteiger partial charge is 0.0915 e. The van der Waals surface area contributed by atoms with E-state index >= 15 is 0 Å². The molecule has 0 spiro atoms. The van der Waals surface area contributed by atoms with E-state index < -0.39 is 32.1 Å². The lowest BCUT2D eigenvalue weighted by Gasteiger charge is -2.14. The summed E-state index contributed by atoms with van der Waals surface area (Å²) >= 11 is 11.8. The van der Waals surface area contributed by atoms with E-state index in [0.29, 0.717) is 5.56 Å². The number of benzene rings is 1. The molecule has 1 aromatic rings. The van der Waals surface area contributed by atoms with Crippen molar-refractivity contribution in [3.05, 3.63) is 27.7 Å². The van der Waals surface area contributed by atoms with Crippen LogP contribution < -0.4 is 11.1 Å². The highest BCUT2D eigenvalue weighted by molar-refractivity contribution is 6.38. The number of anilines is 1. The van der Waals surface area contributed by atoms with E-state index in [0.717, 1.165) is 0 Å². The summed E-state index contributed by atoms with van der Waals surface area (Å²) in [6, 6.07) is 2.91. The molecule has 0 aromatic heterocycles. The highest BCUT2D eigenvalue weighted by Crippen LogP contribution is 2.31. The van der Waals surface area contributed by atoms with Gasteiger partial charge in [0.15, 0.2) is 0 Å². The summed E-state index contributed by atoms with van der Waals surface area (Å²) in [4.78, 5) is 0. The predicted octanol–water partition coefficient (Wildman–Crippen LogP) is 3.67. The number of rotatable bonds is 6. The van der Waals surface area contributed by atoms with Gasteiger partial charge in [-0.1, -0.05) is 36.9 Å². The Bertz CT molecular complexity index is 573. The minimum atomic E-state index is -2.96. The molecule has 110 valence electrons. The number of aliphatic hydroxyl groups excluding tert-OH is 1. The van der Waals surface area contributed by atoms with Crippen molar-refractivity contribution in [2.45, 2.75) is 26.2 Å². The van der Waals surface area contributed by atoms with Crippen molar-refractivity contribution in [1.29, 1.82) is 0 Å². The summed E-state index contributed by atoms with van der Waals surface area (Å²) in [5, 5.41) is 13.3. The van der Waals surface area contributed by atoms with Gasteiger partial charge in [-0.05, 0) is 36.6 Å². The SMILES string of the molecule is Cl.[2H]C([2H])([2H])C([2H])(CCNCC(O)c1cc(Cl)c(N)c(Cl)c1)C([2H])([2H])[2H]. The molecule has 0 aliphatic heterocycles. The molecule has 1 unspecified atom stereocenters. The molecule has 0 amide bonds. The molecule has 0 bridgehead atoms. The van der Waals surface area contributed by atoms with E-state index in [9.17, 15) is 5.11 Å². The predicted molar refractivity (Wildman–Crippen MR) is 85.4 cm³/mol. The maximum Gasteiger partial charge on any atom is 0.0915 e. The third kappa shape index (κ3) is 6.19. The van der Waals surface area contributed by atoms with Crippen molar-refractivity contribution in [1.82, 2.24) is 5.32 Å². The molecule has 0 saturated heterocycles. The van der Waals surface area contributed by atoms with Gasteiger partial charge in [0.1, 0.15) is 0 Å². The molecule has 0 heterocycles. The molecule has 6 heteroatoms.